The lowest BCUT2D eigenvalue weighted by molar-refractivity contribution is -0.131. The molecule has 0 unspecified atom stereocenters. The molecule has 3 nitrogen and oxygen atoms in total. The molecule has 0 atom stereocenters. The molecule has 0 aromatic heterocycles. The second-order valence-electron chi connectivity index (χ2n) is 4.72. The lowest BCUT2D eigenvalue weighted by Gasteiger charge is -2.27. The first-order valence-electron chi connectivity index (χ1n) is 6.59. The maximum atomic E-state index is 12.0. The van der Waals surface area contributed by atoms with Crippen LogP contribution in [0.4, 0.5) is 0 Å². The zero-order chi connectivity index (χ0) is 13.7. The van der Waals surface area contributed by atoms with Crippen LogP contribution in [0.25, 0.3) is 0 Å². The highest BCUT2D eigenvalue weighted by Gasteiger charge is 2.15. The number of piperazine rings is 1. The number of amides is 1. The van der Waals surface area contributed by atoms with Crippen LogP contribution in [0, 0.1) is 0 Å². The molecule has 0 spiro atoms. The van der Waals surface area contributed by atoms with Crippen LogP contribution in [0.3, 0.4) is 0 Å². The molecule has 1 saturated heterocycles. The van der Waals surface area contributed by atoms with Gasteiger partial charge in [0.15, 0.2) is 0 Å². The minimum absolute atomic E-state index is 0.242. The summed E-state index contributed by atoms with van der Waals surface area (Å²) < 4.78 is 0. The number of hydrogen-bond donors (Lipinski definition) is 1. The van der Waals surface area contributed by atoms with Gasteiger partial charge in [0, 0.05) is 42.6 Å². The summed E-state index contributed by atoms with van der Waals surface area (Å²) >= 11 is 12.0. The lowest BCUT2D eigenvalue weighted by Crippen LogP contribution is -2.46. The highest BCUT2D eigenvalue weighted by Crippen LogP contribution is 2.22. The standard InChI is InChI=1S/C14H18Cl2N2O/c15-12-5-4-11(13(16)10-12)2-1-3-14(19)18-8-6-17-7-9-18/h4-5,10,17H,1-3,6-9H2. The molecule has 0 bridgehead atoms. The van der Waals surface area contributed by atoms with Gasteiger partial charge >= 0.3 is 0 Å². The van der Waals surface area contributed by atoms with E-state index in [2.05, 4.69) is 5.32 Å². The quantitative estimate of drug-likeness (QED) is 0.927. The van der Waals surface area contributed by atoms with Crippen molar-refractivity contribution in [1.29, 1.82) is 0 Å². The number of aryl methyl sites for hydroxylation is 1. The van der Waals surface area contributed by atoms with Crippen molar-refractivity contribution in [3.05, 3.63) is 33.8 Å². The van der Waals surface area contributed by atoms with Crippen molar-refractivity contribution in [2.75, 3.05) is 26.2 Å². The second-order valence-corrected chi connectivity index (χ2v) is 5.56. The smallest absolute Gasteiger partial charge is 0.222 e. The first-order valence-corrected chi connectivity index (χ1v) is 7.35. The minimum Gasteiger partial charge on any atom is -0.340 e. The van der Waals surface area contributed by atoms with Gasteiger partial charge in [0.05, 0.1) is 0 Å². The molecule has 19 heavy (non-hydrogen) atoms. The fourth-order valence-electron chi connectivity index (χ4n) is 2.23. The van der Waals surface area contributed by atoms with E-state index in [1.807, 2.05) is 17.0 Å². The van der Waals surface area contributed by atoms with Crippen molar-refractivity contribution in [2.24, 2.45) is 0 Å². The van der Waals surface area contributed by atoms with Crippen LogP contribution >= 0.6 is 23.2 Å². The van der Waals surface area contributed by atoms with Crippen molar-refractivity contribution in [3.8, 4) is 0 Å². The van der Waals surface area contributed by atoms with Gasteiger partial charge in [-0.05, 0) is 30.5 Å². The Morgan fingerprint density at radius 3 is 2.68 bits per heavy atom. The Morgan fingerprint density at radius 2 is 2.00 bits per heavy atom. The van der Waals surface area contributed by atoms with Crippen molar-refractivity contribution in [2.45, 2.75) is 19.3 Å². The Hall–Kier alpha value is -0.770. The van der Waals surface area contributed by atoms with Crippen LogP contribution in [0.5, 0.6) is 0 Å². The second kappa shape index (κ2) is 7.13. The largest absolute Gasteiger partial charge is 0.340 e. The van der Waals surface area contributed by atoms with Gasteiger partial charge in [-0.15, -0.1) is 0 Å². The number of rotatable bonds is 4. The van der Waals surface area contributed by atoms with E-state index >= 15 is 0 Å². The van der Waals surface area contributed by atoms with Gasteiger partial charge in [0.2, 0.25) is 5.91 Å². The number of hydrogen-bond acceptors (Lipinski definition) is 2. The van der Waals surface area contributed by atoms with Crippen LogP contribution in [0.15, 0.2) is 18.2 Å². The number of nitrogens with one attached hydrogen (secondary N) is 1. The molecule has 1 aromatic carbocycles. The molecule has 1 heterocycles. The van der Waals surface area contributed by atoms with E-state index in [1.165, 1.54) is 0 Å². The first-order chi connectivity index (χ1) is 9.16. The van der Waals surface area contributed by atoms with E-state index in [0.29, 0.717) is 16.5 Å². The van der Waals surface area contributed by atoms with E-state index in [9.17, 15) is 4.79 Å². The lowest BCUT2D eigenvalue weighted by atomic mass is 10.1. The maximum absolute atomic E-state index is 12.0. The highest BCUT2D eigenvalue weighted by atomic mass is 35.5. The zero-order valence-electron chi connectivity index (χ0n) is 10.8. The van der Waals surface area contributed by atoms with Crippen molar-refractivity contribution < 1.29 is 4.79 Å². The van der Waals surface area contributed by atoms with E-state index in [-0.39, 0.29) is 5.91 Å². The summed E-state index contributed by atoms with van der Waals surface area (Å²) in [6.07, 6.45) is 2.22. The van der Waals surface area contributed by atoms with Gasteiger partial charge in [-0.25, -0.2) is 0 Å². The van der Waals surface area contributed by atoms with Gasteiger partial charge in [-0.3, -0.25) is 4.79 Å². The third-order valence-corrected chi connectivity index (χ3v) is 3.91. The molecule has 1 fully saturated rings. The molecule has 0 aliphatic carbocycles. The maximum Gasteiger partial charge on any atom is 0.222 e. The molecular weight excluding hydrogens is 283 g/mol. The molecule has 2 rings (SSSR count). The van der Waals surface area contributed by atoms with Crippen LogP contribution < -0.4 is 5.32 Å². The number of benzene rings is 1. The van der Waals surface area contributed by atoms with Crippen LogP contribution in [-0.4, -0.2) is 37.0 Å². The van der Waals surface area contributed by atoms with Gasteiger partial charge in [0.1, 0.15) is 0 Å². The van der Waals surface area contributed by atoms with Gasteiger partial charge < -0.3 is 10.2 Å². The molecule has 0 saturated carbocycles. The average molecular weight is 301 g/mol. The summed E-state index contributed by atoms with van der Waals surface area (Å²) in [6.45, 7) is 3.44. The predicted molar refractivity (Wildman–Crippen MR) is 78.8 cm³/mol. The molecule has 1 N–H and O–H groups in total. The molecule has 1 amide bonds. The van der Waals surface area contributed by atoms with Crippen molar-refractivity contribution in [3.63, 3.8) is 0 Å². The summed E-state index contributed by atoms with van der Waals surface area (Å²) in [6, 6.07) is 5.51. The van der Waals surface area contributed by atoms with E-state index < -0.39 is 0 Å². The van der Waals surface area contributed by atoms with Crippen molar-refractivity contribution in [1.82, 2.24) is 10.2 Å². The van der Waals surface area contributed by atoms with Gasteiger partial charge in [-0.1, -0.05) is 29.3 Å². The monoisotopic (exact) mass is 300 g/mol. The molecular formula is C14H18Cl2N2O. The van der Waals surface area contributed by atoms with E-state index in [4.69, 9.17) is 23.2 Å². The van der Waals surface area contributed by atoms with E-state index in [1.54, 1.807) is 6.07 Å². The topological polar surface area (TPSA) is 32.3 Å². The summed E-state index contributed by atoms with van der Waals surface area (Å²) in [5.41, 5.74) is 1.05. The third kappa shape index (κ3) is 4.37. The van der Waals surface area contributed by atoms with Crippen LogP contribution in [0.2, 0.25) is 10.0 Å². The Bertz CT molecular complexity index is 445. The molecule has 5 heteroatoms. The molecule has 1 aliphatic heterocycles. The Kier molecular flexibility index (Phi) is 5.49. The van der Waals surface area contributed by atoms with Crippen LogP contribution in [0.1, 0.15) is 18.4 Å². The number of halogens is 2. The summed E-state index contributed by atoms with van der Waals surface area (Å²) in [4.78, 5) is 13.9. The normalized spacial score (nSPS) is 15.6. The number of nitrogens with zero attached hydrogens (tertiary/aromatic N) is 1. The van der Waals surface area contributed by atoms with Gasteiger partial charge in [0.25, 0.3) is 0 Å². The van der Waals surface area contributed by atoms with Crippen molar-refractivity contribution >= 4 is 29.1 Å². The summed E-state index contributed by atoms with van der Waals surface area (Å²) in [5, 5.41) is 4.57. The van der Waals surface area contributed by atoms with Gasteiger partial charge in [-0.2, -0.15) is 0 Å². The number of carbonyl (C=O) groups excluding carboxylic acids is 1. The SMILES string of the molecule is O=C(CCCc1ccc(Cl)cc1Cl)N1CCNCC1. The summed E-state index contributed by atoms with van der Waals surface area (Å²) in [7, 11) is 0. The Balaban J connectivity index is 1.78. The fraction of sp³-hybridized carbons (Fsp3) is 0.500. The molecule has 104 valence electrons. The van der Waals surface area contributed by atoms with Crippen LogP contribution in [-0.2, 0) is 11.2 Å². The third-order valence-electron chi connectivity index (χ3n) is 3.32. The molecule has 1 aromatic rings. The Labute approximate surface area is 123 Å². The first kappa shape index (κ1) is 14.6. The number of carbonyl (C=O) groups is 1. The average Bonchev–Trinajstić information content (AvgIpc) is 2.42. The van der Waals surface area contributed by atoms with E-state index in [0.717, 1.165) is 44.6 Å². The molecule has 0 radical (unpaired) electrons. The zero-order valence-corrected chi connectivity index (χ0v) is 12.3. The molecule has 1 aliphatic rings. The fourth-order valence-corrected chi connectivity index (χ4v) is 2.73. The Morgan fingerprint density at radius 1 is 1.26 bits per heavy atom. The highest BCUT2D eigenvalue weighted by molar-refractivity contribution is 6.35. The predicted octanol–water partition coefficient (Wildman–Crippen LogP) is 2.75. The summed E-state index contributed by atoms with van der Waals surface area (Å²) in [5.74, 6) is 0.242. The minimum atomic E-state index is 0.242.